The van der Waals surface area contributed by atoms with E-state index in [9.17, 15) is 14.4 Å². The number of allylic oxidation sites excluding steroid dienone is 6. The van der Waals surface area contributed by atoms with Crippen LogP contribution in [-0.4, -0.2) is 37.2 Å². The molecule has 0 fully saturated rings. The fourth-order valence-corrected chi connectivity index (χ4v) is 9.00. The number of carbonyl (C=O) groups excluding carboxylic acids is 3. The SMILES string of the molecule is CCCCC/C=C\C/C=C\CCCCCCCCCC(=O)OC[C@H](COC(=O)CCCCCCCCCCCCCCCCCCC)OC(=O)CCCCCCCCC/C=C\CCCCCCCC. The van der Waals surface area contributed by atoms with E-state index in [1.807, 2.05) is 0 Å². The summed E-state index contributed by atoms with van der Waals surface area (Å²) < 4.78 is 16.9. The summed E-state index contributed by atoms with van der Waals surface area (Å²) in [4.78, 5) is 38.2. The van der Waals surface area contributed by atoms with Gasteiger partial charge >= 0.3 is 17.9 Å². The zero-order valence-corrected chi connectivity index (χ0v) is 46.3. The smallest absolute Gasteiger partial charge is 0.306 e. The van der Waals surface area contributed by atoms with Crippen molar-refractivity contribution in [2.75, 3.05) is 13.2 Å². The van der Waals surface area contributed by atoms with Crippen LogP contribution in [-0.2, 0) is 28.6 Å². The van der Waals surface area contributed by atoms with Crippen molar-refractivity contribution in [2.45, 2.75) is 335 Å². The molecule has 0 aromatic carbocycles. The molecule has 0 aromatic rings. The lowest BCUT2D eigenvalue weighted by molar-refractivity contribution is -0.167. The highest BCUT2D eigenvalue weighted by molar-refractivity contribution is 5.71. The Balaban J connectivity index is 4.35. The molecule has 0 rings (SSSR count). The van der Waals surface area contributed by atoms with Crippen molar-refractivity contribution in [3.8, 4) is 0 Å². The van der Waals surface area contributed by atoms with E-state index in [1.165, 1.54) is 218 Å². The summed E-state index contributed by atoms with van der Waals surface area (Å²) in [6, 6.07) is 0. The van der Waals surface area contributed by atoms with Crippen molar-refractivity contribution in [3.05, 3.63) is 36.5 Å². The molecule has 69 heavy (non-hydrogen) atoms. The summed E-state index contributed by atoms with van der Waals surface area (Å²) in [5, 5.41) is 0. The highest BCUT2D eigenvalue weighted by Crippen LogP contribution is 2.17. The van der Waals surface area contributed by atoms with Gasteiger partial charge in [-0.2, -0.15) is 0 Å². The number of rotatable bonds is 56. The molecule has 0 unspecified atom stereocenters. The first-order chi connectivity index (χ1) is 34.0. The molecular weight excluding hydrogens is 853 g/mol. The molecular formula is C63H116O6. The lowest BCUT2D eigenvalue weighted by Gasteiger charge is -2.18. The van der Waals surface area contributed by atoms with Gasteiger partial charge in [0.15, 0.2) is 6.10 Å². The molecule has 0 aliphatic heterocycles. The monoisotopic (exact) mass is 969 g/mol. The Morgan fingerprint density at radius 2 is 0.522 bits per heavy atom. The topological polar surface area (TPSA) is 78.9 Å². The number of ether oxygens (including phenoxy) is 3. The van der Waals surface area contributed by atoms with Gasteiger partial charge in [-0.05, 0) is 77.0 Å². The Morgan fingerprint density at radius 1 is 0.290 bits per heavy atom. The molecule has 0 aliphatic carbocycles. The molecule has 0 N–H and O–H groups in total. The van der Waals surface area contributed by atoms with Crippen LogP contribution >= 0.6 is 0 Å². The molecule has 0 saturated carbocycles. The largest absolute Gasteiger partial charge is 0.462 e. The summed E-state index contributed by atoms with van der Waals surface area (Å²) in [6.07, 6.45) is 69.9. The number of unbranched alkanes of at least 4 members (excludes halogenated alkanes) is 39. The molecule has 6 heteroatoms. The normalized spacial score (nSPS) is 12.2. The number of hydrogen-bond donors (Lipinski definition) is 0. The number of hydrogen-bond acceptors (Lipinski definition) is 6. The average Bonchev–Trinajstić information content (AvgIpc) is 3.35. The molecule has 0 heterocycles. The molecule has 0 radical (unpaired) electrons. The maximum absolute atomic E-state index is 12.9. The Labute approximate surface area is 429 Å². The van der Waals surface area contributed by atoms with Gasteiger partial charge in [0.05, 0.1) is 0 Å². The predicted octanol–water partition coefficient (Wildman–Crippen LogP) is 20.4. The van der Waals surface area contributed by atoms with E-state index in [2.05, 4.69) is 57.2 Å². The van der Waals surface area contributed by atoms with Crippen molar-refractivity contribution in [1.29, 1.82) is 0 Å². The molecule has 0 aromatic heterocycles. The van der Waals surface area contributed by atoms with Crippen LogP contribution in [0.15, 0.2) is 36.5 Å². The van der Waals surface area contributed by atoms with Crippen LogP contribution < -0.4 is 0 Å². The van der Waals surface area contributed by atoms with Crippen LogP contribution in [0.5, 0.6) is 0 Å². The Morgan fingerprint density at radius 3 is 0.841 bits per heavy atom. The quantitative estimate of drug-likeness (QED) is 0.0261. The lowest BCUT2D eigenvalue weighted by Crippen LogP contribution is -2.30. The highest BCUT2D eigenvalue weighted by Gasteiger charge is 2.19. The van der Waals surface area contributed by atoms with Gasteiger partial charge in [-0.15, -0.1) is 0 Å². The zero-order valence-electron chi connectivity index (χ0n) is 46.3. The molecule has 1 atom stereocenters. The molecule has 0 aliphatic rings. The second-order valence-electron chi connectivity index (χ2n) is 20.6. The molecule has 0 amide bonds. The Hall–Kier alpha value is -2.37. The summed E-state index contributed by atoms with van der Waals surface area (Å²) in [5.74, 6) is -0.864. The molecule has 0 spiro atoms. The van der Waals surface area contributed by atoms with Crippen LogP contribution in [0.4, 0.5) is 0 Å². The van der Waals surface area contributed by atoms with Crippen molar-refractivity contribution in [1.82, 2.24) is 0 Å². The van der Waals surface area contributed by atoms with E-state index in [1.54, 1.807) is 0 Å². The predicted molar refractivity (Wildman–Crippen MR) is 298 cm³/mol. The third kappa shape index (κ3) is 56.4. The fraction of sp³-hybridized carbons (Fsp3) is 0.857. The van der Waals surface area contributed by atoms with Gasteiger partial charge in [0.2, 0.25) is 0 Å². The average molecular weight is 970 g/mol. The second kappa shape index (κ2) is 58.2. The maximum atomic E-state index is 12.9. The maximum Gasteiger partial charge on any atom is 0.306 e. The van der Waals surface area contributed by atoms with Crippen molar-refractivity contribution in [3.63, 3.8) is 0 Å². The van der Waals surface area contributed by atoms with Gasteiger partial charge in [0.1, 0.15) is 13.2 Å². The van der Waals surface area contributed by atoms with E-state index >= 15 is 0 Å². The number of carbonyl (C=O) groups is 3. The summed E-state index contributed by atoms with van der Waals surface area (Å²) in [7, 11) is 0. The van der Waals surface area contributed by atoms with Crippen LogP contribution in [0.1, 0.15) is 329 Å². The van der Waals surface area contributed by atoms with Crippen molar-refractivity contribution in [2.24, 2.45) is 0 Å². The van der Waals surface area contributed by atoms with Gasteiger partial charge in [-0.1, -0.05) is 269 Å². The lowest BCUT2D eigenvalue weighted by atomic mass is 10.0. The first kappa shape index (κ1) is 66.6. The first-order valence-corrected chi connectivity index (χ1v) is 30.5. The third-order valence-electron chi connectivity index (χ3n) is 13.6. The van der Waals surface area contributed by atoms with Gasteiger partial charge in [-0.3, -0.25) is 14.4 Å². The minimum absolute atomic E-state index is 0.0724. The van der Waals surface area contributed by atoms with Crippen LogP contribution in [0.25, 0.3) is 0 Å². The van der Waals surface area contributed by atoms with Crippen LogP contribution in [0.2, 0.25) is 0 Å². The molecule has 0 bridgehead atoms. The van der Waals surface area contributed by atoms with E-state index in [0.29, 0.717) is 19.3 Å². The standard InChI is InChI=1S/C63H116O6/c1-4-7-10-13-16-19-22-25-28-31-34-37-40-43-46-49-52-55-61(64)67-58-60(69-63(66)57-54-51-48-45-42-39-36-33-30-27-24-21-18-15-12-9-6-3)59-68-62(65)56-53-50-47-44-41-38-35-32-29-26-23-20-17-14-11-8-5-2/h16,19,25,27-28,30,60H,4-15,17-18,20-24,26,29,31-59H2,1-3H3/b19-16-,28-25-,30-27-/t60-/m1/s1. The zero-order chi connectivity index (χ0) is 50.0. The summed E-state index contributed by atoms with van der Waals surface area (Å²) in [6.45, 7) is 6.65. The van der Waals surface area contributed by atoms with E-state index < -0.39 is 6.10 Å². The molecule has 6 nitrogen and oxygen atoms in total. The summed E-state index contributed by atoms with van der Waals surface area (Å²) in [5.41, 5.74) is 0. The fourth-order valence-electron chi connectivity index (χ4n) is 9.00. The van der Waals surface area contributed by atoms with Crippen LogP contribution in [0.3, 0.4) is 0 Å². The highest BCUT2D eigenvalue weighted by atomic mass is 16.6. The van der Waals surface area contributed by atoms with E-state index in [0.717, 1.165) is 70.6 Å². The third-order valence-corrected chi connectivity index (χ3v) is 13.6. The Kier molecular flexibility index (Phi) is 56.2. The molecule has 0 saturated heterocycles. The second-order valence-corrected chi connectivity index (χ2v) is 20.6. The van der Waals surface area contributed by atoms with Crippen molar-refractivity contribution >= 4 is 17.9 Å². The number of esters is 3. The van der Waals surface area contributed by atoms with Crippen molar-refractivity contribution < 1.29 is 28.6 Å². The summed E-state index contributed by atoms with van der Waals surface area (Å²) >= 11 is 0. The molecule has 404 valence electrons. The minimum Gasteiger partial charge on any atom is -0.462 e. The Bertz CT molecular complexity index is 1160. The van der Waals surface area contributed by atoms with Crippen LogP contribution in [0, 0.1) is 0 Å². The van der Waals surface area contributed by atoms with Gasteiger partial charge in [-0.25, -0.2) is 0 Å². The van der Waals surface area contributed by atoms with E-state index in [-0.39, 0.29) is 31.1 Å². The van der Waals surface area contributed by atoms with Gasteiger partial charge in [0.25, 0.3) is 0 Å². The minimum atomic E-state index is -0.775. The van der Waals surface area contributed by atoms with Gasteiger partial charge < -0.3 is 14.2 Å². The van der Waals surface area contributed by atoms with Gasteiger partial charge in [0, 0.05) is 19.3 Å². The van der Waals surface area contributed by atoms with E-state index in [4.69, 9.17) is 14.2 Å². The first-order valence-electron chi connectivity index (χ1n) is 30.5.